The van der Waals surface area contributed by atoms with Crippen LogP contribution >= 0.6 is 11.6 Å². The molecular weight excluding hydrogens is 360 g/mol. The quantitative estimate of drug-likeness (QED) is 0.725. The Morgan fingerprint density at radius 3 is 2.59 bits per heavy atom. The first-order valence-electron chi connectivity index (χ1n) is 9.55. The van der Waals surface area contributed by atoms with Crippen molar-refractivity contribution in [3.8, 4) is 5.75 Å². The van der Waals surface area contributed by atoms with Crippen molar-refractivity contribution in [2.24, 2.45) is 5.92 Å². The molecule has 0 bridgehead atoms. The van der Waals surface area contributed by atoms with Crippen LogP contribution in [0.3, 0.4) is 0 Å². The predicted molar refractivity (Wildman–Crippen MR) is 112 cm³/mol. The number of nitrogens with zero attached hydrogens (tertiary/aromatic N) is 1. The molecule has 1 fully saturated rings. The number of benzene rings is 2. The Hall–Kier alpha value is -2.20. The highest BCUT2D eigenvalue weighted by molar-refractivity contribution is 6.33. The molecule has 0 unspecified atom stereocenters. The largest absolute Gasteiger partial charge is 0.491 e. The number of nitrogens with one attached hydrogen (secondary N) is 1. The van der Waals surface area contributed by atoms with Crippen LogP contribution in [-0.4, -0.2) is 25.1 Å². The van der Waals surface area contributed by atoms with Gasteiger partial charge in [0.15, 0.2) is 0 Å². The zero-order valence-electron chi connectivity index (χ0n) is 16.2. The van der Waals surface area contributed by atoms with Gasteiger partial charge in [-0.15, -0.1) is 0 Å². The number of carbonyl (C=O) groups is 1. The smallest absolute Gasteiger partial charge is 0.255 e. The highest BCUT2D eigenvalue weighted by Crippen LogP contribution is 2.32. The Morgan fingerprint density at radius 2 is 1.93 bits per heavy atom. The zero-order valence-corrected chi connectivity index (χ0v) is 16.9. The summed E-state index contributed by atoms with van der Waals surface area (Å²) in [4.78, 5) is 14.9. The Balaban J connectivity index is 1.69. The summed E-state index contributed by atoms with van der Waals surface area (Å²) < 4.78 is 5.66. The molecule has 0 aliphatic carbocycles. The number of hydrogen-bond acceptors (Lipinski definition) is 3. The van der Waals surface area contributed by atoms with Crippen molar-refractivity contribution in [3.05, 3.63) is 53.1 Å². The molecule has 3 rings (SSSR count). The van der Waals surface area contributed by atoms with Gasteiger partial charge in [0, 0.05) is 24.3 Å². The van der Waals surface area contributed by atoms with Crippen LogP contribution in [0.1, 0.15) is 44.0 Å². The molecule has 5 heteroatoms. The first kappa shape index (κ1) is 19.6. The summed E-state index contributed by atoms with van der Waals surface area (Å²) in [6, 6.07) is 12.9. The second-order valence-corrected chi connectivity index (χ2v) is 7.89. The molecule has 4 nitrogen and oxygen atoms in total. The molecule has 1 saturated heterocycles. The molecule has 0 atom stereocenters. The molecule has 0 saturated carbocycles. The molecule has 0 spiro atoms. The normalized spacial score (nSPS) is 15.1. The van der Waals surface area contributed by atoms with Gasteiger partial charge in [0.2, 0.25) is 0 Å². The first-order chi connectivity index (χ1) is 12.9. The Bertz CT molecular complexity index is 799. The van der Waals surface area contributed by atoms with Gasteiger partial charge >= 0.3 is 0 Å². The molecule has 0 aromatic heterocycles. The zero-order chi connectivity index (χ0) is 19.4. The molecule has 2 aromatic rings. The Labute approximate surface area is 166 Å². The molecule has 2 aromatic carbocycles. The number of halogens is 1. The topological polar surface area (TPSA) is 41.6 Å². The lowest BCUT2D eigenvalue weighted by molar-refractivity contribution is 0.102. The van der Waals surface area contributed by atoms with Crippen molar-refractivity contribution in [2.75, 3.05) is 23.3 Å². The van der Waals surface area contributed by atoms with Gasteiger partial charge in [0.05, 0.1) is 16.8 Å². The Morgan fingerprint density at radius 1 is 1.19 bits per heavy atom. The van der Waals surface area contributed by atoms with E-state index in [1.54, 1.807) is 12.1 Å². The van der Waals surface area contributed by atoms with Gasteiger partial charge in [-0.3, -0.25) is 4.79 Å². The molecule has 27 heavy (non-hydrogen) atoms. The van der Waals surface area contributed by atoms with E-state index in [9.17, 15) is 4.79 Å². The highest BCUT2D eigenvalue weighted by Gasteiger charge is 2.18. The monoisotopic (exact) mass is 386 g/mol. The van der Waals surface area contributed by atoms with E-state index >= 15 is 0 Å². The van der Waals surface area contributed by atoms with E-state index in [0.29, 0.717) is 22.0 Å². The SMILES string of the molecule is CC1CCN(c2ccc(NC(=O)c3cccc(OC(C)C)c3)cc2Cl)CC1. The van der Waals surface area contributed by atoms with E-state index in [-0.39, 0.29) is 12.0 Å². The van der Waals surface area contributed by atoms with Gasteiger partial charge in [-0.2, -0.15) is 0 Å². The predicted octanol–water partition coefficient (Wildman–Crippen LogP) is 5.62. The molecule has 1 heterocycles. The van der Waals surface area contributed by atoms with Crippen LogP contribution in [0.4, 0.5) is 11.4 Å². The minimum atomic E-state index is -0.181. The van der Waals surface area contributed by atoms with Gasteiger partial charge in [-0.25, -0.2) is 0 Å². The van der Waals surface area contributed by atoms with Gasteiger partial charge in [0.1, 0.15) is 5.75 Å². The van der Waals surface area contributed by atoms with Crippen LogP contribution in [0.25, 0.3) is 0 Å². The van der Waals surface area contributed by atoms with Gasteiger partial charge < -0.3 is 15.0 Å². The second-order valence-electron chi connectivity index (χ2n) is 7.48. The number of ether oxygens (including phenoxy) is 1. The maximum absolute atomic E-state index is 12.6. The number of piperidine rings is 1. The lowest BCUT2D eigenvalue weighted by Crippen LogP contribution is -2.32. The van der Waals surface area contributed by atoms with Crippen molar-refractivity contribution in [1.29, 1.82) is 0 Å². The number of carbonyl (C=O) groups excluding carboxylic acids is 1. The summed E-state index contributed by atoms with van der Waals surface area (Å²) in [5.41, 5.74) is 2.28. The summed E-state index contributed by atoms with van der Waals surface area (Å²) >= 11 is 6.50. The van der Waals surface area contributed by atoms with Gasteiger partial charge in [-0.05, 0) is 69.0 Å². The minimum absolute atomic E-state index is 0.0624. The molecule has 1 aliphatic rings. The van der Waals surface area contributed by atoms with E-state index in [1.807, 2.05) is 44.2 Å². The lowest BCUT2D eigenvalue weighted by atomic mass is 9.99. The maximum atomic E-state index is 12.6. The van der Waals surface area contributed by atoms with Crippen molar-refractivity contribution in [1.82, 2.24) is 0 Å². The van der Waals surface area contributed by atoms with Crippen molar-refractivity contribution in [2.45, 2.75) is 39.7 Å². The summed E-state index contributed by atoms with van der Waals surface area (Å²) in [6.07, 6.45) is 2.43. The first-order valence-corrected chi connectivity index (χ1v) is 9.92. The average Bonchev–Trinajstić information content (AvgIpc) is 2.62. The fourth-order valence-corrected chi connectivity index (χ4v) is 3.58. The van der Waals surface area contributed by atoms with E-state index in [1.165, 1.54) is 12.8 Å². The number of rotatable bonds is 5. The highest BCUT2D eigenvalue weighted by atomic mass is 35.5. The number of amides is 1. The van der Waals surface area contributed by atoms with Gasteiger partial charge in [-0.1, -0.05) is 24.6 Å². The van der Waals surface area contributed by atoms with Crippen molar-refractivity contribution in [3.63, 3.8) is 0 Å². The Kier molecular flexibility index (Phi) is 6.27. The summed E-state index contributed by atoms with van der Waals surface area (Å²) in [5, 5.41) is 3.59. The van der Waals surface area contributed by atoms with E-state index in [0.717, 1.165) is 24.7 Å². The van der Waals surface area contributed by atoms with E-state index in [2.05, 4.69) is 17.1 Å². The maximum Gasteiger partial charge on any atom is 0.255 e. The standard InChI is InChI=1S/C22H27ClN2O2/c1-15(2)27-19-6-4-5-17(13-19)22(26)24-18-7-8-21(20(23)14-18)25-11-9-16(3)10-12-25/h4-8,13-16H,9-12H2,1-3H3,(H,24,26). The van der Waals surface area contributed by atoms with Crippen LogP contribution in [0.2, 0.25) is 5.02 Å². The van der Waals surface area contributed by atoms with Crippen LogP contribution in [0.5, 0.6) is 5.75 Å². The molecule has 1 aliphatic heterocycles. The summed E-state index contributed by atoms with van der Waals surface area (Å²) in [7, 11) is 0. The van der Waals surface area contributed by atoms with Crippen LogP contribution in [0, 0.1) is 5.92 Å². The average molecular weight is 387 g/mol. The van der Waals surface area contributed by atoms with E-state index in [4.69, 9.17) is 16.3 Å². The molecule has 0 radical (unpaired) electrons. The van der Waals surface area contributed by atoms with E-state index < -0.39 is 0 Å². The molecular formula is C22H27ClN2O2. The minimum Gasteiger partial charge on any atom is -0.491 e. The molecule has 1 amide bonds. The third kappa shape index (κ3) is 5.16. The fraction of sp³-hybridized carbons (Fsp3) is 0.409. The van der Waals surface area contributed by atoms with Crippen LogP contribution in [-0.2, 0) is 0 Å². The molecule has 144 valence electrons. The third-order valence-electron chi connectivity index (χ3n) is 4.80. The van der Waals surface area contributed by atoms with Crippen LogP contribution < -0.4 is 15.0 Å². The summed E-state index contributed by atoms with van der Waals surface area (Å²) in [5.74, 6) is 1.28. The number of anilines is 2. The second kappa shape index (κ2) is 8.66. The van der Waals surface area contributed by atoms with Gasteiger partial charge in [0.25, 0.3) is 5.91 Å². The van der Waals surface area contributed by atoms with Crippen molar-refractivity contribution >= 4 is 28.9 Å². The van der Waals surface area contributed by atoms with Crippen LogP contribution in [0.15, 0.2) is 42.5 Å². The third-order valence-corrected chi connectivity index (χ3v) is 5.10. The van der Waals surface area contributed by atoms with Crippen molar-refractivity contribution < 1.29 is 9.53 Å². The number of hydrogen-bond donors (Lipinski definition) is 1. The molecule has 1 N–H and O–H groups in total. The fourth-order valence-electron chi connectivity index (χ4n) is 3.28. The summed E-state index contributed by atoms with van der Waals surface area (Å²) in [6.45, 7) is 8.25. The lowest BCUT2D eigenvalue weighted by Gasteiger charge is -2.32.